The maximum Gasteiger partial charge on any atom is 0.418 e. The monoisotopic (exact) mass is 181 g/mol. The van der Waals surface area contributed by atoms with Crippen LogP contribution in [0.15, 0.2) is 5.57 Å². The molecule has 1 atom stereocenters. The van der Waals surface area contributed by atoms with E-state index in [1.54, 1.807) is 6.20 Å². The first-order valence-corrected chi connectivity index (χ1v) is 2.95. The Labute approximate surface area is 65.2 Å². The summed E-state index contributed by atoms with van der Waals surface area (Å²) in [4.78, 5) is 10.6. The van der Waals surface area contributed by atoms with Gasteiger partial charge in [-0.05, 0) is 0 Å². The molecule has 0 amide bonds. The van der Waals surface area contributed by atoms with E-state index in [0.29, 0.717) is 0 Å². The molecule has 1 aliphatic rings. The number of halogens is 4. The van der Waals surface area contributed by atoms with E-state index in [1.165, 1.54) is 0 Å². The molecular weight excluding hydrogens is 178 g/mol. The number of hydrogen-bond acceptors (Lipinski definition) is 1. The Hall–Kier alpha value is -1.07. The van der Waals surface area contributed by atoms with Crippen LogP contribution in [0.25, 0.3) is 0 Å². The van der Waals surface area contributed by atoms with Crippen molar-refractivity contribution in [2.24, 2.45) is 0 Å². The van der Waals surface area contributed by atoms with Gasteiger partial charge >= 0.3 is 6.18 Å². The Morgan fingerprint density at radius 3 is 2.33 bits per heavy atom. The second kappa shape index (κ2) is 2.76. The zero-order valence-electron chi connectivity index (χ0n) is 5.65. The normalized spacial score (nSPS) is 23.8. The van der Waals surface area contributed by atoms with Crippen LogP contribution in [0.2, 0.25) is 0 Å². The van der Waals surface area contributed by atoms with Crippen molar-refractivity contribution < 1.29 is 22.4 Å². The SMILES string of the molecule is O=C1C(CF)=[C][N]C1C(F)(F)F. The molecule has 1 heterocycles. The lowest BCUT2D eigenvalue weighted by molar-refractivity contribution is -0.162. The van der Waals surface area contributed by atoms with Gasteiger partial charge in [0.15, 0.2) is 5.78 Å². The van der Waals surface area contributed by atoms with Crippen LogP contribution in [-0.2, 0) is 4.79 Å². The molecule has 0 saturated heterocycles. The van der Waals surface area contributed by atoms with Crippen molar-refractivity contribution in [2.75, 3.05) is 6.67 Å². The van der Waals surface area contributed by atoms with Gasteiger partial charge in [0.2, 0.25) is 6.04 Å². The molecule has 2 nitrogen and oxygen atoms in total. The first kappa shape index (κ1) is 9.02. The largest absolute Gasteiger partial charge is 0.418 e. The van der Waals surface area contributed by atoms with Crippen molar-refractivity contribution in [1.82, 2.24) is 5.32 Å². The minimum atomic E-state index is -4.74. The molecule has 0 aromatic carbocycles. The van der Waals surface area contributed by atoms with E-state index in [1.807, 2.05) is 0 Å². The molecule has 0 N–H and O–H groups in total. The van der Waals surface area contributed by atoms with Gasteiger partial charge in [0, 0.05) is 0 Å². The van der Waals surface area contributed by atoms with Crippen LogP contribution < -0.4 is 5.32 Å². The molecule has 0 fully saturated rings. The van der Waals surface area contributed by atoms with Gasteiger partial charge in [-0.25, -0.2) is 4.39 Å². The van der Waals surface area contributed by atoms with E-state index in [2.05, 4.69) is 5.32 Å². The van der Waals surface area contributed by atoms with E-state index >= 15 is 0 Å². The summed E-state index contributed by atoms with van der Waals surface area (Å²) >= 11 is 0. The van der Waals surface area contributed by atoms with Crippen molar-refractivity contribution >= 4 is 5.78 Å². The van der Waals surface area contributed by atoms with Gasteiger partial charge in [-0.15, -0.1) is 0 Å². The lowest BCUT2D eigenvalue weighted by atomic mass is 10.1. The van der Waals surface area contributed by atoms with Gasteiger partial charge in [0.1, 0.15) is 6.67 Å². The van der Waals surface area contributed by atoms with E-state index < -0.39 is 30.2 Å². The fourth-order valence-electron chi connectivity index (χ4n) is 0.739. The van der Waals surface area contributed by atoms with Crippen LogP contribution in [0.4, 0.5) is 17.6 Å². The van der Waals surface area contributed by atoms with Crippen LogP contribution in [0.3, 0.4) is 0 Å². The minimum absolute atomic E-state index is 0.641. The number of hydrogen-bond donors (Lipinski definition) is 0. The van der Waals surface area contributed by atoms with Crippen LogP contribution in [0.5, 0.6) is 0 Å². The first-order valence-electron chi connectivity index (χ1n) is 2.95. The number of carbonyl (C=O) groups excluding carboxylic acids is 1. The third-order valence-corrected chi connectivity index (χ3v) is 1.32. The summed E-state index contributed by atoms with van der Waals surface area (Å²) in [6.45, 7) is -1.26. The zero-order valence-corrected chi connectivity index (χ0v) is 5.65. The standard InChI is InChI=1S/C6H3F4NO/c7-1-3-2-11-5(4(3)12)6(8,9)10/h5H,1H2. The van der Waals surface area contributed by atoms with Crippen molar-refractivity contribution in [2.45, 2.75) is 12.2 Å². The average molecular weight is 181 g/mol. The van der Waals surface area contributed by atoms with Gasteiger partial charge in [-0.2, -0.15) is 13.2 Å². The number of carbonyl (C=O) groups is 1. The topological polar surface area (TPSA) is 31.2 Å². The summed E-state index contributed by atoms with van der Waals surface area (Å²) in [5, 5.41) is 2.74. The van der Waals surface area contributed by atoms with Crippen molar-refractivity contribution in [3.8, 4) is 0 Å². The average Bonchev–Trinajstić information content (AvgIpc) is 2.29. The number of rotatable bonds is 1. The van der Waals surface area contributed by atoms with Gasteiger partial charge in [-0.1, -0.05) is 0 Å². The number of ketones is 1. The smallest absolute Gasteiger partial charge is 0.292 e. The Bertz CT molecular complexity index is 232. The molecule has 2 radical (unpaired) electrons. The molecule has 0 spiro atoms. The first-order chi connectivity index (χ1) is 5.46. The maximum absolute atomic E-state index is 11.8. The molecule has 1 rings (SSSR count). The Morgan fingerprint density at radius 1 is 1.50 bits per heavy atom. The third-order valence-electron chi connectivity index (χ3n) is 1.32. The lowest BCUT2D eigenvalue weighted by Gasteiger charge is -2.11. The number of Topliss-reactive ketones (excluding diaryl/α,β-unsaturated/α-hetero) is 1. The Morgan fingerprint density at radius 2 is 2.08 bits per heavy atom. The summed E-state index contributed by atoms with van der Waals surface area (Å²) in [6.07, 6.45) is -3.03. The van der Waals surface area contributed by atoms with Crippen LogP contribution in [0, 0.1) is 6.20 Å². The predicted octanol–water partition coefficient (Wildman–Crippen LogP) is 0.761. The van der Waals surface area contributed by atoms with Crippen molar-refractivity contribution in [3.05, 3.63) is 11.8 Å². The third kappa shape index (κ3) is 1.41. The number of alkyl halides is 4. The fourth-order valence-corrected chi connectivity index (χ4v) is 0.739. The highest BCUT2D eigenvalue weighted by Gasteiger charge is 2.49. The molecule has 0 saturated carbocycles. The molecule has 0 aromatic rings. The molecule has 12 heavy (non-hydrogen) atoms. The van der Waals surface area contributed by atoms with Gasteiger partial charge in [-0.3, -0.25) is 10.1 Å². The van der Waals surface area contributed by atoms with E-state index in [4.69, 9.17) is 0 Å². The van der Waals surface area contributed by atoms with Crippen molar-refractivity contribution in [3.63, 3.8) is 0 Å². The van der Waals surface area contributed by atoms with Crippen LogP contribution >= 0.6 is 0 Å². The summed E-state index contributed by atoms with van der Waals surface area (Å²) in [5.41, 5.74) is -0.641. The highest BCUT2D eigenvalue weighted by Crippen LogP contribution is 2.26. The van der Waals surface area contributed by atoms with Gasteiger partial charge < -0.3 is 0 Å². The number of nitrogens with zero attached hydrogens (tertiary/aromatic N) is 1. The molecule has 1 aliphatic heterocycles. The molecule has 0 bridgehead atoms. The maximum atomic E-state index is 11.8. The van der Waals surface area contributed by atoms with Crippen molar-refractivity contribution in [1.29, 1.82) is 0 Å². The Kier molecular flexibility index (Phi) is 2.08. The Balaban J connectivity index is 2.74. The van der Waals surface area contributed by atoms with Crippen LogP contribution in [0.1, 0.15) is 0 Å². The highest BCUT2D eigenvalue weighted by molar-refractivity contribution is 6.01. The summed E-state index contributed by atoms with van der Waals surface area (Å²) in [6, 6.07) is -2.44. The molecular formula is C6H3F4NO. The zero-order chi connectivity index (χ0) is 9.35. The summed E-state index contributed by atoms with van der Waals surface area (Å²) < 4.78 is 47.3. The van der Waals surface area contributed by atoms with E-state index in [0.717, 1.165) is 0 Å². The second-order valence-corrected chi connectivity index (χ2v) is 2.16. The van der Waals surface area contributed by atoms with Crippen LogP contribution in [-0.4, -0.2) is 24.7 Å². The molecule has 6 heteroatoms. The highest BCUT2D eigenvalue weighted by atomic mass is 19.4. The second-order valence-electron chi connectivity index (χ2n) is 2.16. The molecule has 66 valence electrons. The van der Waals surface area contributed by atoms with E-state index in [9.17, 15) is 22.4 Å². The lowest BCUT2D eigenvalue weighted by Crippen LogP contribution is -2.39. The summed E-state index contributed by atoms with van der Waals surface area (Å²) in [5.74, 6) is -1.34. The van der Waals surface area contributed by atoms with Gasteiger partial charge in [0.05, 0.1) is 11.8 Å². The minimum Gasteiger partial charge on any atom is -0.292 e. The van der Waals surface area contributed by atoms with Gasteiger partial charge in [0.25, 0.3) is 0 Å². The fraction of sp³-hybridized carbons (Fsp3) is 0.500. The predicted molar refractivity (Wildman–Crippen MR) is 29.7 cm³/mol. The molecule has 0 aliphatic carbocycles. The molecule has 0 aromatic heterocycles. The summed E-state index contributed by atoms with van der Waals surface area (Å²) in [7, 11) is 0. The van der Waals surface area contributed by atoms with E-state index in [-0.39, 0.29) is 0 Å². The molecule has 1 unspecified atom stereocenters. The quantitative estimate of drug-likeness (QED) is 0.549.